The average Bonchev–Trinajstić information content (AvgIpc) is 3.58. The molecule has 202 valence electrons. The number of carbonyl (C=O) groups is 3. The van der Waals surface area contributed by atoms with Gasteiger partial charge in [0, 0.05) is 43.2 Å². The summed E-state index contributed by atoms with van der Waals surface area (Å²) < 4.78 is 11.1. The number of hydrogen-bond acceptors (Lipinski definition) is 7. The van der Waals surface area contributed by atoms with Crippen LogP contribution in [0.2, 0.25) is 0 Å². The molecule has 10 heteroatoms. The molecule has 0 aromatic heterocycles. The highest BCUT2D eigenvalue weighted by Crippen LogP contribution is 2.39. The fraction of sp³-hybridized carbons (Fsp3) is 0.464. The van der Waals surface area contributed by atoms with Crippen molar-refractivity contribution in [1.82, 2.24) is 15.5 Å². The molecular formula is C28H35N5O5. The van der Waals surface area contributed by atoms with Gasteiger partial charge in [-0.15, -0.1) is 0 Å². The number of rotatable bonds is 9. The summed E-state index contributed by atoms with van der Waals surface area (Å²) in [6, 6.07) is 13.9. The lowest BCUT2D eigenvalue weighted by molar-refractivity contribution is -0.138. The Bertz CT molecular complexity index is 1240. The predicted octanol–water partition coefficient (Wildman–Crippen LogP) is 1.49. The maximum Gasteiger partial charge on any atom is 0.414 e. The van der Waals surface area contributed by atoms with Crippen molar-refractivity contribution in [2.24, 2.45) is 5.73 Å². The first kappa shape index (κ1) is 26.1. The van der Waals surface area contributed by atoms with Crippen LogP contribution < -0.4 is 21.3 Å². The van der Waals surface area contributed by atoms with Crippen molar-refractivity contribution < 1.29 is 23.9 Å². The van der Waals surface area contributed by atoms with Crippen LogP contribution >= 0.6 is 0 Å². The second kappa shape index (κ2) is 10.0. The molecule has 3 saturated heterocycles. The number of ether oxygens (including phenoxy) is 2. The zero-order valence-electron chi connectivity index (χ0n) is 22.1. The normalized spacial score (nSPS) is 23.6. The first-order chi connectivity index (χ1) is 18.1. The number of benzene rings is 2. The number of amides is 3. The molecule has 2 aromatic rings. The Balaban J connectivity index is 1.16. The van der Waals surface area contributed by atoms with Crippen molar-refractivity contribution in [3.8, 4) is 0 Å². The van der Waals surface area contributed by atoms with Crippen LogP contribution in [0.5, 0.6) is 0 Å². The van der Waals surface area contributed by atoms with E-state index in [-0.39, 0.29) is 29.9 Å². The smallest absolute Gasteiger partial charge is 0.414 e. The Kier molecular flexibility index (Phi) is 6.89. The summed E-state index contributed by atoms with van der Waals surface area (Å²) in [4.78, 5) is 39.9. The Morgan fingerprint density at radius 3 is 2.47 bits per heavy atom. The van der Waals surface area contributed by atoms with Gasteiger partial charge in [0.15, 0.2) is 5.72 Å². The third kappa shape index (κ3) is 5.11. The van der Waals surface area contributed by atoms with Gasteiger partial charge in [-0.25, -0.2) is 4.79 Å². The highest BCUT2D eigenvalue weighted by atomic mass is 16.6. The van der Waals surface area contributed by atoms with E-state index >= 15 is 0 Å². The molecule has 2 atom stereocenters. The van der Waals surface area contributed by atoms with Gasteiger partial charge in [-0.1, -0.05) is 37.3 Å². The fourth-order valence-electron chi connectivity index (χ4n) is 5.42. The third-order valence-electron chi connectivity index (χ3n) is 7.67. The molecule has 3 heterocycles. The van der Waals surface area contributed by atoms with Crippen LogP contribution in [-0.2, 0) is 36.7 Å². The minimum atomic E-state index is -0.596. The molecule has 2 aromatic carbocycles. The molecule has 0 saturated carbocycles. The summed E-state index contributed by atoms with van der Waals surface area (Å²) in [5, 5.41) is 5.99. The largest absolute Gasteiger partial charge is 0.442 e. The molecule has 38 heavy (non-hydrogen) atoms. The average molecular weight is 522 g/mol. The Labute approximate surface area is 222 Å². The summed E-state index contributed by atoms with van der Waals surface area (Å²) in [6.45, 7) is 8.75. The SMILES string of the molecule is CC(=O)NC[C@H]1CN(c2ccc(C3(C)CN(C(=O)CNC4(c5ccc(CN)cc5)CO4)C3)c(C)c2)C(=O)O1. The number of nitrogens with zero attached hydrogens (tertiary/aromatic N) is 2. The molecule has 0 bridgehead atoms. The number of anilines is 1. The van der Waals surface area contributed by atoms with Crippen LogP contribution in [0.1, 0.15) is 36.1 Å². The monoisotopic (exact) mass is 521 g/mol. The van der Waals surface area contributed by atoms with Crippen molar-refractivity contribution in [2.45, 2.75) is 44.6 Å². The van der Waals surface area contributed by atoms with Gasteiger partial charge in [0.2, 0.25) is 11.8 Å². The van der Waals surface area contributed by atoms with Crippen molar-refractivity contribution >= 4 is 23.6 Å². The van der Waals surface area contributed by atoms with Crippen LogP contribution in [0.25, 0.3) is 0 Å². The van der Waals surface area contributed by atoms with E-state index in [4.69, 9.17) is 15.2 Å². The van der Waals surface area contributed by atoms with Crippen molar-refractivity contribution in [2.75, 3.05) is 44.2 Å². The molecule has 0 radical (unpaired) electrons. The number of aryl methyl sites for hydroxylation is 1. The second-order valence-corrected chi connectivity index (χ2v) is 10.7. The first-order valence-corrected chi connectivity index (χ1v) is 12.9. The van der Waals surface area contributed by atoms with Gasteiger partial charge < -0.3 is 25.4 Å². The van der Waals surface area contributed by atoms with Crippen molar-refractivity contribution in [1.29, 1.82) is 0 Å². The zero-order chi connectivity index (χ0) is 27.1. The molecule has 3 fully saturated rings. The van der Waals surface area contributed by atoms with E-state index in [1.807, 2.05) is 54.3 Å². The van der Waals surface area contributed by atoms with Crippen LogP contribution in [0.15, 0.2) is 42.5 Å². The summed E-state index contributed by atoms with van der Waals surface area (Å²) in [5.41, 5.74) is 9.94. The minimum absolute atomic E-state index is 0.0372. The first-order valence-electron chi connectivity index (χ1n) is 12.9. The topological polar surface area (TPSA) is 130 Å². The molecule has 3 aliphatic heterocycles. The lowest BCUT2D eigenvalue weighted by Crippen LogP contribution is -2.61. The van der Waals surface area contributed by atoms with Crippen LogP contribution in [0.4, 0.5) is 10.5 Å². The molecule has 4 N–H and O–H groups in total. The lowest BCUT2D eigenvalue weighted by Gasteiger charge is -2.49. The number of hydrogen-bond donors (Lipinski definition) is 3. The Morgan fingerprint density at radius 1 is 1.16 bits per heavy atom. The van der Waals surface area contributed by atoms with Gasteiger partial charge in [-0.2, -0.15) is 0 Å². The molecule has 10 nitrogen and oxygen atoms in total. The number of carbonyl (C=O) groups excluding carboxylic acids is 3. The molecular weight excluding hydrogens is 486 g/mol. The van der Waals surface area contributed by atoms with Gasteiger partial charge in [-0.05, 0) is 35.7 Å². The van der Waals surface area contributed by atoms with E-state index in [0.717, 1.165) is 27.9 Å². The third-order valence-corrected chi connectivity index (χ3v) is 7.67. The number of likely N-dealkylation sites (tertiary alicyclic amines) is 1. The van der Waals surface area contributed by atoms with E-state index in [0.29, 0.717) is 39.3 Å². The van der Waals surface area contributed by atoms with E-state index < -0.39 is 11.8 Å². The Hall–Kier alpha value is -3.47. The van der Waals surface area contributed by atoms with Crippen molar-refractivity contribution in [3.63, 3.8) is 0 Å². The predicted molar refractivity (Wildman–Crippen MR) is 141 cm³/mol. The van der Waals surface area contributed by atoms with E-state index in [1.165, 1.54) is 6.92 Å². The molecule has 0 spiro atoms. The second-order valence-electron chi connectivity index (χ2n) is 10.7. The summed E-state index contributed by atoms with van der Waals surface area (Å²) >= 11 is 0. The summed E-state index contributed by atoms with van der Waals surface area (Å²) in [7, 11) is 0. The maximum atomic E-state index is 12.9. The molecule has 0 aliphatic carbocycles. The summed E-state index contributed by atoms with van der Waals surface area (Å²) in [6.07, 6.45) is -0.798. The fourth-order valence-corrected chi connectivity index (χ4v) is 5.42. The number of nitrogens with two attached hydrogens (primary N) is 1. The molecule has 3 aliphatic rings. The van der Waals surface area contributed by atoms with Crippen LogP contribution in [0, 0.1) is 6.92 Å². The maximum absolute atomic E-state index is 12.9. The summed E-state index contributed by atoms with van der Waals surface area (Å²) in [5.74, 6) is -0.120. The van der Waals surface area contributed by atoms with Crippen LogP contribution in [0.3, 0.4) is 0 Å². The number of epoxide rings is 1. The van der Waals surface area contributed by atoms with Crippen molar-refractivity contribution in [3.05, 3.63) is 64.7 Å². The molecule has 1 unspecified atom stereocenters. The highest BCUT2D eigenvalue weighted by molar-refractivity contribution is 5.90. The standard InChI is InChI=1S/C28H35N5O5/c1-18-10-22(33-14-23(38-26(33)36)12-30-19(2)34)8-9-24(18)27(3)15-32(16-27)25(35)13-31-28(17-37-28)21-6-4-20(11-29)5-7-21/h4-10,23,31H,11-17,29H2,1-3H3,(H,30,34)/t23-,28?/m0/s1. The lowest BCUT2D eigenvalue weighted by atomic mass is 9.73. The zero-order valence-corrected chi connectivity index (χ0v) is 22.1. The minimum Gasteiger partial charge on any atom is -0.442 e. The van der Waals surface area contributed by atoms with Crippen LogP contribution in [-0.4, -0.2) is 68.2 Å². The number of nitrogens with one attached hydrogen (secondary N) is 2. The van der Waals surface area contributed by atoms with Gasteiger partial charge in [0.1, 0.15) is 6.10 Å². The van der Waals surface area contributed by atoms with Gasteiger partial charge in [-0.3, -0.25) is 19.8 Å². The van der Waals surface area contributed by atoms with E-state index in [2.05, 4.69) is 17.6 Å². The molecule has 3 amide bonds. The highest BCUT2D eigenvalue weighted by Gasteiger charge is 2.48. The Morgan fingerprint density at radius 2 is 1.87 bits per heavy atom. The van der Waals surface area contributed by atoms with Gasteiger partial charge >= 0.3 is 6.09 Å². The number of cyclic esters (lactones) is 1. The molecule has 5 rings (SSSR count). The van der Waals surface area contributed by atoms with E-state index in [1.54, 1.807) is 4.90 Å². The van der Waals surface area contributed by atoms with E-state index in [9.17, 15) is 14.4 Å². The quantitative estimate of drug-likeness (QED) is 0.426. The van der Waals surface area contributed by atoms with Gasteiger partial charge in [0.25, 0.3) is 0 Å². The van der Waals surface area contributed by atoms with Gasteiger partial charge in [0.05, 0.1) is 26.2 Å².